The van der Waals surface area contributed by atoms with Crippen LogP contribution >= 0.6 is 11.8 Å². The van der Waals surface area contributed by atoms with Gasteiger partial charge in [0.15, 0.2) is 0 Å². The van der Waals surface area contributed by atoms with Crippen LogP contribution in [0.25, 0.3) is 0 Å². The van der Waals surface area contributed by atoms with E-state index in [2.05, 4.69) is 4.98 Å². The number of aromatic nitrogens is 1. The van der Waals surface area contributed by atoms with Gasteiger partial charge in [-0.2, -0.15) is 0 Å². The van der Waals surface area contributed by atoms with Crippen LogP contribution in [-0.4, -0.2) is 15.0 Å². The van der Waals surface area contributed by atoms with Crippen LogP contribution in [0.3, 0.4) is 0 Å². The molecule has 0 radical (unpaired) electrons. The van der Waals surface area contributed by atoms with E-state index in [0.717, 1.165) is 0 Å². The maximum absolute atomic E-state index is 10.6. The summed E-state index contributed by atoms with van der Waals surface area (Å²) in [6.45, 7) is 1.75. The van der Waals surface area contributed by atoms with Gasteiger partial charge in [0.2, 0.25) is 0 Å². The first-order chi connectivity index (χ1) is 8.58. The first kappa shape index (κ1) is 12.4. The van der Waals surface area contributed by atoms with Gasteiger partial charge < -0.3 is 5.11 Å². The summed E-state index contributed by atoms with van der Waals surface area (Å²) in [4.78, 5) is 14.8. The number of pyridine rings is 1. The van der Waals surface area contributed by atoms with Crippen LogP contribution in [0.1, 0.15) is 5.56 Å². The molecule has 0 spiro atoms. The van der Waals surface area contributed by atoms with Gasteiger partial charge in [-0.25, -0.2) is 4.98 Å². The molecule has 0 amide bonds. The number of phenolic OH excluding ortho intramolecular Hbond substituents is 1. The molecule has 1 aromatic heterocycles. The van der Waals surface area contributed by atoms with Gasteiger partial charge in [-0.05, 0) is 24.6 Å². The number of benzene rings is 1. The minimum Gasteiger partial charge on any atom is -0.507 e. The molecular weight excluding hydrogens is 252 g/mol. The first-order valence-corrected chi connectivity index (χ1v) is 5.96. The second-order valence-electron chi connectivity index (χ2n) is 3.64. The normalized spacial score (nSPS) is 10.3. The molecule has 18 heavy (non-hydrogen) atoms. The van der Waals surface area contributed by atoms with Crippen molar-refractivity contribution in [2.75, 3.05) is 0 Å². The molecule has 6 heteroatoms. The molecule has 0 aliphatic carbocycles. The average Bonchev–Trinajstić information content (AvgIpc) is 2.34. The zero-order chi connectivity index (χ0) is 13.1. The molecule has 1 heterocycles. The van der Waals surface area contributed by atoms with Gasteiger partial charge in [-0.15, -0.1) is 0 Å². The van der Waals surface area contributed by atoms with Crippen LogP contribution < -0.4 is 0 Å². The molecule has 1 N–H and O–H groups in total. The summed E-state index contributed by atoms with van der Waals surface area (Å²) in [7, 11) is 0. The molecule has 0 saturated heterocycles. The lowest BCUT2D eigenvalue weighted by molar-refractivity contribution is -0.385. The van der Waals surface area contributed by atoms with E-state index >= 15 is 0 Å². The molecule has 2 rings (SSSR count). The number of phenols is 1. The maximum atomic E-state index is 10.6. The summed E-state index contributed by atoms with van der Waals surface area (Å²) in [5.41, 5.74) is 0.673. The van der Waals surface area contributed by atoms with E-state index in [0.29, 0.717) is 15.5 Å². The van der Waals surface area contributed by atoms with E-state index in [1.807, 2.05) is 6.07 Å². The van der Waals surface area contributed by atoms with E-state index in [-0.39, 0.29) is 11.4 Å². The fraction of sp³-hybridized carbons (Fsp3) is 0.0833. The van der Waals surface area contributed by atoms with E-state index in [4.69, 9.17) is 0 Å². The van der Waals surface area contributed by atoms with Crippen molar-refractivity contribution in [2.24, 2.45) is 0 Å². The van der Waals surface area contributed by atoms with Gasteiger partial charge in [-0.3, -0.25) is 10.1 Å². The molecule has 1 aromatic carbocycles. The molecular formula is C12H10N2O3S. The molecule has 0 saturated carbocycles. The number of aromatic hydroxyl groups is 1. The van der Waals surface area contributed by atoms with Crippen molar-refractivity contribution in [3.63, 3.8) is 0 Å². The minimum atomic E-state index is -0.478. The Labute approximate surface area is 108 Å². The zero-order valence-electron chi connectivity index (χ0n) is 9.53. The van der Waals surface area contributed by atoms with Crippen molar-refractivity contribution >= 4 is 17.4 Å². The van der Waals surface area contributed by atoms with E-state index in [1.165, 1.54) is 24.0 Å². The Morgan fingerprint density at radius 2 is 2.11 bits per heavy atom. The van der Waals surface area contributed by atoms with Crippen molar-refractivity contribution < 1.29 is 10.0 Å². The quantitative estimate of drug-likeness (QED) is 0.679. The lowest BCUT2D eigenvalue weighted by Gasteiger charge is -2.05. The van der Waals surface area contributed by atoms with Crippen molar-refractivity contribution in [3.05, 3.63) is 52.2 Å². The number of rotatable bonds is 3. The van der Waals surface area contributed by atoms with E-state index in [9.17, 15) is 15.2 Å². The molecule has 0 fully saturated rings. The fourth-order valence-corrected chi connectivity index (χ4v) is 2.25. The van der Waals surface area contributed by atoms with Crippen molar-refractivity contribution in [2.45, 2.75) is 16.8 Å². The molecule has 0 unspecified atom stereocenters. The molecule has 0 aliphatic heterocycles. The molecule has 2 aromatic rings. The number of aryl methyl sites for hydroxylation is 1. The second-order valence-corrected chi connectivity index (χ2v) is 4.67. The summed E-state index contributed by atoms with van der Waals surface area (Å²) < 4.78 is 0. The fourth-order valence-electron chi connectivity index (χ4n) is 1.40. The summed E-state index contributed by atoms with van der Waals surface area (Å²) in [5, 5.41) is 20.9. The van der Waals surface area contributed by atoms with E-state index < -0.39 is 4.92 Å². The van der Waals surface area contributed by atoms with Crippen LogP contribution in [0.5, 0.6) is 5.75 Å². The van der Waals surface area contributed by atoms with E-state index in [1.54, 1.807) is 25.1 Å². The molecule has 0 bridgehead atoms. The summed E-state index contributed by atoms with van der Waals surface area (Å²) >= 11 is 1.28. The highest BCUT2D eigenvalue weighted by atomic mass is 32.2. The van der Waals surface area contributed by atoms with Crippen LogP contribution in [0, 0.1) is 17.0 Å². The largest absolute Gasteiger partial charge is 0.507 e. The minimum absolute atomic E-state index is 0.0332. The Hall–Kier alpha value is -2.08. The van der Waals surface area contributed by atoms with Gasteiger partial charge in [-0.1, -0.05) is 23.9 Å². The molecule has 5 nitrogen and oxygen atoms in total. The lowest BCUT2D eigenvalue weighted by atomic mass is 10.3. The highest BCUT2D eigenvalue weighted by Crippen LogP contribution is 2.35. The van der Waals surface area contributed by atoms with Gasteiger partial charge in [0.05, 0.1) is 9.82 Å². The van der Waals surface area contributed by atoms with Crippen molar-refractivity contribution in [3.8, 4) is 5.75 Å². The predicted molar refractivity (Wildman–Crippen MR) is 67.9 cm³/mol. The van der Waals surface area contributed by atoms with Crippen LogP contribution in [0.15, 0.2) is 46.5 Å². The number of hydrogen-bond donors (Lipinski definition) is 1. The van der Waals surface area contributed by atoms with Crippen molar-refractivity contribution in [1.29, 1.82) is 0 Å². The molecule has 0 aliphatic rings. The summed E-state index contributed by atoms with van der Waals surface area (Å²) in [6, 6.07) is 8.36. The van der Waals surface area contributed by atoms with Gasteiger partial charge in [0.25, 0.3) is 5.69 Å². The standard InChI is InChI=1S/C12H10N2O3S/c1-8-6-9(14(16)17)7-13-12(8)18-11-5-3-2-4-10(11)15/h2-7,15H,1H3. The Morgan fingerprint density at radius 3 is 2.72 bits per heavy atom. The SMILES string of the molecule is Cc1cc([N+](=O)[O-])cnc1Sc1ccccc1O. The zero-order valence-corrected chi connectivity index (χ0v) is 10.3. The second kappa shape index (κ2) is 5.05. The number of para-hydroxylation sites is 1. The Bertz CT molecular complexity index is 602. The topological polar surface area (TPSA) is 76.3 Å². The third-order valence-electron chi connectivity index (χ3n) is 2.30. The Balaban J connectivity index is 2.30. The highest BCUT2D eigenvalue weighted by Gasteiger charge is 2.11. The van der Waals surface area contributed by atoms with Gasteiger partial charge in [0, 0.05) is 6.07 Å². The maximum Gasteiger partial charge on any atom is 0.287 e. The van der Waals surface area contributed by atoms with Crippen LogP contribution in [-0.2, 0) is 0 Å². The third-order valence-corrected chi connectivity index (χ3v) is 3.48. The Kier molecular flexibility index (Phi) is 3.47. The lowest BCUT2D eigenvalue weighted by Crippen LogP contribution is -1.92. The Morgan fingerprint density at radius 1 is 1.39 bits per heavy atom. The van der Waals surface area contributed by atoms with Gasteiger partial charge in [0.1, 0.15) is 17.0 Å². The smallest absolute Gasteiger partial charge is 0.287 e. The van der Waals surface area contributed by atoms with Crippen LogP contribution in [0.2, 0.25) is 0 Å². The third kappa shape index (κ3) is 2.60. The highest BCUT2D eigenvalue weighted by molar-refractivity contribution is 7.99. The predicted octanol–water partition coefficient (Wildman–Crippen LogP) is 3.16. The molecule has 0 atom stereocenters. The number of nitro groups is 1. The number of nitrogens with zero attached hydrogens (tertiary/aromatic N) is 2. The first-order valence-electron chi connectivity index (χ1n) is 5.15. The molecule has 92 valence electrons. The van der Waals surface area contributed by atoms with Gasteiger partial charge >= 0.3 is 0 Å². The monoisotopic (exact) mass is 262 g/mol. The number of hydrogen-bond acceptors (Lipinski definition) is 5. The summed E-state index contributed by atoms with van der Waals surface area (Å²) in [6.07, 6.45) is 1.22. The average molecular weight is 262 g/mol. The summed E-state index contributed by atoms with van der Waals surface area (Å²) in [5.74, 6) is 0.169. The van der Waals surface area contributed by atoms with Crippen LogP contribution in [0.4, 0.5) is 5.69 Å². The van der Waals surface area contributed by atoms with Crippen molar-refractivity contribution in [1.82, 2.24) is 4.98 Å².